The molecule has 0 aromatic heterocycles. The molecule has 14 heteroatoms. The van der Waals surface area contributed by atoms with Crippen molar-refractivity contribution < 1.29 is 98.2 Å². The number of hydrogen-bond acceptors (Lipinski definition) is 8. The van der Waals surface area contributed by atoms with Crippen LogP contribution >= 0.6 is 15.2 Å². The molecular formula is C6H12N2Na2O8P2. The van der Waals surface area contributed by atoms with E-state index < -0.39 is 26.1 Å². The fourth-order valence-electron chi connectivity index (χ4n) is 1.06. The third-order valence-electron chi connectivity index (χ3n) is 1.93. The smallest absolute Gasteiger partial charge is 0.806 e. The van der Waals surface area contributed by atoms with Gasteiger partial charge in [0.15, 0.2) is 5.45 Å². The van der Waals surface area contributed by atoms with Crippen LogP contribution in [0.4, 0.5) is 0 Å². The van der Waals surface area contributed by atoms with Crippen molar-refractivity contribution in [2.24, 2.45) is 10.3 Å². The van der Waals surface area contributed by atoms with Crippen LogP contribution in [0.25, 0.3) is 0 Å². The van der Waals surface area contributed by atoms with Crippen molar-refractivity contribution >= 4 is 26.1 Å². The van der Waals surface area contributed by atoms with E-state index in [4.69, 9.17) is 20.2 Å². The summed E-state index contributed by atoms with van der Waals surface area (Å²) in [5, 5.41) is 21.4. The Kier molecular flexibility index (Phi) is 15.4. The summed E-state index contributed by atoms with van der Waals surface area (Å²) in [6.07, 6.45) is -0.571. The average molecular weight is 348 g/mol. The number of unbranched alkanes of at least 4 members (excludes halogenated alkanes) is 1. The standard InChI is InChI=1S/C6H14N2O8P2.2Na/c9-7-5(17(11,12)13)3-1-2-4-6(8-10)18(14,15)16;;/h9-10H,1-4H2,(H2,11,12,13)(H2,14,15,16);;/q;2*+1/p-2. The summed E-state index contributed by atoms with van der Waals surface area (Å²) in [5.74, 6) is 0. The predicted molar refractivity (Wildman–Crippen MR) is 56.6 cm³/mol. The van der Waals surface area contributed by atoms with Gasteiger partial charge in [-0.2, -0.15) is 0 Å². The van der Waals surface area contributed by atoms with Crippen LogP contribution in [0.15, 0.2) is 10.3 Å². The molecule has 0 heterocycles. The van der Waals surface area contributed by atoms with Crippen molar-refractivity contribution in [1.29, 1.82) is 0 Å². The Bertz CT molecular complexity index is 391. The van der Waals surface area contributed by atoms with Gasteiger partial charge in [0.2, 0.25) is 0 Å². The van der Waals surface area contributed by atoms with Gasteiger partial charge in [-0.15, -0.1) is 0 Å². The largest absolute Gasteiger partial charge is 1.00 e. The molecule has 0 fully saturated rings. The first kappa shape index (κ1) is 26.2. The van der Waals surface area contributed by atoms with Crippen LogP contribution in [0, 0.1) is 0 Å². The van der Waals surface area contributed by atoms with E-state index in [1.807, 2.05) is 0 Å². The van der Waals surface area contributed by atoms with Crippen LogP contribution in [-0.4, -0.2) is 31.1 Å². The van der Waals surface area contributed by atoms with Crippen LogP contribution in [0.5, 0.6) is 0 Å². The van der Waals surface area contributed by atoms with Crippen molar-refractivity contribution in [2.45, 2.75) is 25.7 Å². The molecule has 4 N–H and O–H groups in total. The van der Waals surface area contributed by atoms with Crippen molar-refractivity contribution in [3.05, 3.63) is 0 Å². The zero-order chi connectivity index (χ0) is 14.4. The maximum Gasteiger partial charge on any atom is 1.00 e. The molecule has 0 aromatic carbocycles. The molecule has 0 aromatic rings. The Hall–Kier alpha value is 1.24. The minimum atomic E-state index is -5.11. The molecule has 0 aliphatic rings. The Morgan fingerprint density at radius 2 is 1.25 bits per heavy atom. The molecule has 0 rings (SSSR count). The van der Waals surface area contributed by atoms with Crippen LogP contribution in [-0.2, 0) is 9.13 Å². The zero-order valence-electron chi connectivity index (χ0n) is 11.0. The molecule has 0 unspecified atom stereocenters. The summed E-state index contributed by atoms with van der Waals surface area (Å²) in [5.41, 5.74) is -1.67. The molecule has 0 bridgehead atoms. The van der Waals surface area contributed by atoms with Crippen molar-refractivity contribution in [3.8, 4) is 0 Å². The molecule has 0 amide bonds. The van der Waals surface area contributed by atoms with Gasteiger partial charge in [0.25, 0.3) is 0 Å². The van der Waals surface area contributed by atoms with Gasteiger partial charge in [0.1, 0.15) is 0 Å². The van der Waals surface area contributed by atoms with Crippen LogP contribution < -0.4 is 68.9 Å². The number of rotatable bonds is 7. The SMILES string of the molecule is O=P([O-])([O-])C(CCCCC(=NO)P(=O)(O)O)=NO.[Na+].[Na+]. The van der Waals surface area contributed by atoms with Crippen molar-refractivity contribution in [3.63, 3.8) is 0 Å². The molecule has 0 saturated carbocycles. The van der Waals surface area contributed by atoms with E-state index in [9.17, 15) is 18.9 Å². The number of nitrogens with zero attached hydrogens (tertiary/aromatic N) is 2. The maximum absolute atomic E-state index is 10.7. The zero-order valence-corrected chi connectivity index (χ0v) is 16.8. The predicted octanol–water partition coefficient (Wildman–Crippen LogP) is -6.78. The summed E-state index contributed by atoms with van der Waals surface area (Å²) in [7, 11) is -9.75. The van der Waals surface area contributed by atoms with Gasteiger partial charge in [-0.25, -0.2) is 0 Å². The van der Waals surface area contributed by atoms with E-state index in [1.54, 1.807) is 0 Å². The molecule has 0 atom stereocenters. The molecule has 106 valence electrons. The van der Waals surface area contributed by atoms with Crippen LogP contribution in [0.2, 0.25) is 0 Å². The average Bonchev–Trinajstić information content (AvgIpc) is 2.19. The van der Waals surface area contributed by atoms with Crippen LogP contribution in [0.1, 0.15) is 25.7 Å². The molecule has 0 aliphatic heterocycles. The summed E-state index contributed by atoms with van der Waals surface area (Å²) < 4.78 is 21.2. The first-order valence-electron chi connectivity index (χ1n) is 4.63. The van der Waals surface area contributed by atoms with Crippen molar-refractivity contribution in [2.75, 3.05) is 0 Å². The second-order valence-electron chi connectivity index (χ2n) is 3.28. The monoisotopic (exact) mass is 348 g/mol. The fourth-order valence-corrected chi connectivity index (χ4v) is 2.17. The Balaban J connectivity index is -0.00000144. The molecule has 0 aliphatic carbocycles. The number of oxime groups is 2. The molecule has 10 nitrogen and oxygen atoms in total. The van der Waals surface area contributed by atoms with E-state index >= 15 is 0 Å². The molecule has 0 spiro atoms. The quantitative estimate of drug-likeness (QED) is 0.0872. The fraction of sp³-hybridized carbons (Fsp3) is 0.667. The Morgan fingerprint density at radius 1 is 0.900 bits per heavy atom. The summed E-state index contributed by atoms with van der Waals surface area (Å²) in [6.45, 7) is 0. The third kappa shape index (κ3) is 10.9. The topological polar surface area (TPSA) is 186 Å². The van der Waals surface area contributed by atoms with Crippen LogP contribution in [0.3, 0.4) is 0 Å². The van der Waals surface area contributed by atoms with E-state index in [2.05, 4.69) is 10.3 Å². The van der Waals surface area contributed by atoms with Crippen molar-refractivity contribution in [1.82, 2.24) is 0 Å². The second kappa shape index (κ2) is 11.8. The van der Waals surface area contributed by atoms with Gasteiger partial charge in [-0.3, -0.25) is 4.57 Å². The first-order chi connectivity index (χ1) is 8.12. The van der Waals surface area contributed by atoms with E-state index in [1.165, 1.54) is 0 Å². The summed E-state index contributed by atoms with van der Waals surface area (Å²) >= 11 is 0. The van der Waals surface area contributed by atoms with E-state index in [0.717, 1.165) is 0 Å². The molecule has 0 saturated heterocycles. The van der Waals surface area contributed by atoms with Gasteiger partial charge >= 0.3 is 66.7 Å². The normalized spacial score (nSPS) is 13.4. The molecule has 20 heavy (non-hydrogen) atoms. The van der Waals surface area contributed by atoms with E-state index in [0.29, 0.717) is 0 Å². The molecular weight excluding hydrogens is 336 g/mol. The van der Waals surface area contributed by atoms with Gasteiger partial charge in [0, 0.05) is 6.42 Å². The molecule has 0 radical (unpaired) electrons. The van der Waals surface area contributed by atoms with Gasteiger partial charge in [-0.05, 0) is 26.9 Å². The summed E-state index contributed by atoms with van der Waals surface area (Å²) in [6, 6.07) is 0. The maximum atomic E-state index is 10.7. The minimum Gasteiger partial charge on any atom is -0.806 e. The summed E-state index contributed by atoms with van der Waals surface area (Å²) in [4.78, 5) is 38.3. The Morgan fingerprint density at radius 3 is 1.50 bits per heavy atom. The first-order valence-corrected chi connectivity index (χ1v) is 7.79. The van der Waals surface area contributed by atoms with Gasteiger partial charge in [0.05, 0.1) is 5.45 Å². The second-order valence-corrected chi connectivity index (χ2v) is 6.40. The Labute approximate surface area is 159 Å². The van der Waals surface area contributed by atoms with Gasteiger partial charge in [-0.1, -0.05) is 10.3 Å². The van der Waals surface area contributed by atoms with Gasteiger partial charge < -0.3 is 34.6 Å². The minimum absolute atomic E-state index is 0. The third-order valence-corrected chi connectivity index (χ3v) is 3.86. The number of hydrogen-bond donors (Lipinski definition) is 4. The van der Waals surface area contributed by atoms with E-state index in [-0.39, 0.29) is 84.8 Å².